The maximum absolute atomic E-state index is 13.6. The third-order valence-corrected chi connectivity index (χ3v) is 3.58. The average molecular weight is 305 g/mol. The van der Waals surface area contributed by atoms with E-state index in [2.05, 4.69) is 4.90 Å². The zero-order valence-electron chi connectivity index (χ0n) is 12.8. The molecule has 2 nitrogen and oxygen atoms in total. The summed E-state index contributed by atoms with van der Waals surface area (Å²) >= 11 is 6.17. The molecule has 20 heavy (non-hydrogen) atoms. The van der Waals surface area contributed by atoms with Crippen LogP contribution in [0.5, 0.6) is 0 Å². The zero-order valence-corrected chi connectivity index (χ0v) is 13.6. The molecule has 0 unspecified atom stereocenters. The third-order valence-electron chi connectivity index (χ3n) is 3.18. The van der Waals surface area contributed by atoms with Crippen LogP contribution in [-0.2, 0) is 5.92 Å². The standard InChI is InChI=1S/C15H23ClF2N2/c1-11-9-12(15(2,17)18)14(16)13(10-11)20(5)8-6-7-19(3)4/h9-10H,6-8H2,1-5H3. The predicted octanol–water partition coefficient (Wildman–Crippen LogP) is 4.15. The normalized spacial score (nSPS) is 12.1. The molecule has 0 radical (unpaired) electrons. The number of rotatable bonds is 6. The van der Waals surface area contributed by atoms with Crippen molar-refractivity contribution >= 4 is 17.3 Å². The van der Waals surface area contributed by atoms with E-state index < -0.39 is 5.92 Å². The van der Waals surface area contributed by atoms with Gasteiger partial charge < -0.3 is 9.80 Å². The maximum atomic E-state index is 13.6. The van der Waals surface area contributed by atoms with Gasteiger partial charge in [-0.1, -0.05) is 11.6 Å². The van der Waals surface area contributed by atoms with Crippen LogP contribution in [0.1, 0.15) is 24.5 Å². The van der Waals surface area contributed by atoms with Crippen molar-refractivity contribution in [3.8, 4) is 0 Å². The summed E-state index contributed by atoms with van der Waals surface area (Å²) in [7, 11) is 5.90. The molecule has 1 rings (SSSR count). The van der Waals surface area contributed by atoms with Crippen LogP contribution in [0, 0.1) is 6.92 Å². The molecule has 0 spiro atoms. The first kappa shape index (κ1) is 17.2. The van der Waals surface area contributed by atoms with Gasteiger partial charge >= 0.3 is 0 Å². The molecule has 5 heteroatoms. The number of halogens is 3. The Labute approximate surface area is 125 Å². The molecule has 0 saturated carbocycles. The smallest absolute Gasteiger partial charge is 0.272 e. The molecule has 0 heterocycles. The number of benzene rings is 1. The van der Waals surface area contributed by atoms with Crippen LogP contribution in [0.2, 0.25) is 5.02 Å². The number of alkyl halides is 2. The van der Waals surface area contributed by atoms with Crippen molar-refractivity contribution < 1.29 is 8.78 Å². The molecule has 0 bridgehead atoms. The van der Waals surface area contributed by atoms with Crippen LogP contribution in [0.3, 0.4) is 0 Å². The van der Waals surface area contributed by atoms with E-state index in [9.17, 15) is 8.78 Å². The highest BCUT2D eigenvalue weighted by Gasteiger charge is 2.29. The number of anilines is 1. The van der Waals surface area contributed by atoms with E-state index in [0.717, 1.165) is 32.0 Å². The second-order valence-corrected chi connectivity index (χ2v) is 5.99. The van der Waals surface area contributed by atoms with Gasteiger partial charge in [-0.3, -0.25) is 0 Å². The van der Waals surface area contributed by atoms with E-state index in [1.165, 1.54) is 6.07 Å². The van der Waals surface area contributed by atoms with Crippen molar-refractivity contribution in [2.75, 3.05) is 39.1 Å². The highest BCUT2D eigenvalue weighted by Crippen LogP contribution is 2.39. The van der Waals surface area contributed by atoms with Crippen molar-refractivity contribution in [2.24, 2.45) is 0 Å². The second-order valence-electron chi connectivity index (χ2n) is 5.61. The summed E-state index contributed by atoms with van der Waals surface area (Å²) in [5.41, 5.74) is 1.36. The monoisotopic (exact) mass is 304 g/mol. The molecule has 1 aromatic rings. The minimum Gasteiger partial charge on any atom is -0.373 e. The summed E-state index contributed by atoms with van der Waals surface area (Å²) in [5, 5.41) is 0.149. The summed E-state index contributed by atoms with van der Waals surface area (Å²) in [5.74, 6) is -2.93. The fraction of sp³-hybridized carbons (Fsp3) is 0.600. The summed E-state index contributed by atoms with van der Waals surface area (Å²) in [6.45, 7) is 4.41. The van der Waals surface area contributed by atoms with E-state index in [1.807, 2.05) is 39.0 Å². The Balaban J connectivity index is 2.97. The number of hydrogen-bond acceptors (Lipinski definition) is 2. The zero-order chi connectivity index (χ0) is 15.5. The second kappa shape index (κ2) is 6.72. The summed E-state index contributed by atoms with van der Waals surface area (Å²) in [4.78, 5) is 4.03. The Morgan fingerprint density at radius 3 is 2.25 bits per heavy atom. The molecule has 0 amide bonds. The molecular formula is C15H23ClF2N2. The van der Waals surface area contributed by atoms with Gasteiger partial charge in [-0.25, -0.2) is 8.78 Å². The lowest BCUT2D eigenvalue weighted by Gasteiger charge is -2.25. The van der Waals surface area contributed by atoms with E-state index in [1.54, 1.807) is 0 Å². The van der Waals surface area contributed by atoms with Crippen LogP contribution >= 0.6 is 11.6 Å². The van der Waals surface area contributed by atoms with Gasteiger partial charge in [0.05, 0.1) is 10.7 Å². The first-order valence-electron chi connectivity index (χ1n) is 6.67. The van der Waals surface area contributed by atoms with Crippen LogP contribution in [-0.4, -0.2) is 39.1 Å². The lowest BCUT2D eigenvalue weighted by Crippen LogP contribution is -2.24. The number of aryl methyl sites for hydroxylation is 1. The van der Waals surface area contributed by atoms with Gasteiger partial charge in [0.25, 0.3) is 5.92 Å². The van der Waals surface area contributed by atoms with Gasteiger partial charge in [0.1, 0.15) is 0 Å². The molecule has 114 valence electrons. The molecule has 1 aromatic carbocycles. The van der Waals surface area contributed by atoms with Crippen molar-refractivity contribution in [3.63, 3.8) is 0 Å². The van der Waals surface area contributed by atoms with Crippen LogP contribution in [0.15, 0.2) is 12.1 Å². The maximum Gasteiger partial charge on any atom is 0.272 e. The average Bonchev–Trinajstić information content (AvgIpc) is 2.29. The molecule has 0 aliphatic rings. The van der Waals surface area contributed by atoms with Crippen molar-refractivity contribution in [1.82, 2.24) is 4.90 Å². The Bertz CT molecular complexity index is 456. The molecule has 0 atom stereocenters. The third kappa shape index (κ3) is 4.60. The van der Waals surface area contributed by atoms with Gasteiger partial charge in [-0.2, -0.15) is 0 Å². The van der Waals surface area contributed by atoms with Gasteiger partial charge in [-0.05, 0) is 51.7 Å². The quantitative estimate of drug-likeness (QED) is 0.779. The summed E-state index contributed by atoms with van der Waals surface area (Å²) < 4.78 is 27.2. The Morgan fingerprint density at radius 2 is 1.75 bits per heavy atom. The first-order valence-corrected chi connectivity index (χ1v) is 7.05. The van der Waals surface area contributed by atoms with Crippen molar-refractivity contribution in [1.29, 1.82) is 0 Å². The fourth-order valence-electron chi connectivity index (χ4n) is 2.09. The van der Waals surface area contributed by atoms with Crippen LogP contribution in [0.25, 0.3) is 0 Å². The Morgan fingerprint density at radius 1 is 1.15 bits per heavy atom. The minimum absolute atomic E-state index is 0.103. The minimum atomic E-state index is -2.93. The predicted molar refractivity (Wildman–Crippen MR) is 82.2 cm³/mol. The van der Waals surface area contributed by atoms with Gasteiger partial charge in [0, 0.05) is 26.1 Å². The molecule has 0 saturated heterocycles. The van der Waals surface area contributed by atoms with E-state index >= 15 is 0 Å². The summed E-state index contributed by atoms with van der Waals surface area (Å²) in [6.07, 6.45) is 0.950. The van der Waals surface area contributed by atoms with Gasteiger partial charge in [-0.15, -0.1) is 0 Å². The molecule has 0 aliphatic carbocycles. The topological polar surface area (TPSA) is 6.48 Å². The Kier molecular flexibility index (Phi) is 5.78. The molecule has 0 aliphatic heterocycles. The van der Waals surface area contributed by atoms with Crippen LogP contribution < -0.4 is 4.90 Å². The van der Waals surface area contributed by atoms with E-state index in [-0.39, 0.29) is 10.6 Å². The van der Waals surface area contributed by atoms with Crippen molar-refractivity contribution in [3.05, 3.63) is 28.3 Å². The lowest BCUT2D eigenvalue weighted by molar-refractivity contribution is 0.0176. The van der Waals surface area contributed by atoms with Crippen molar-refractivity contribution in [2.45, 2.75) is 26.2 Å². The molecule has 0 N–H and O–H groups in total. The lowest BCUT2D eigenvalue weighted by atomic mass is 10.0. The SMILES string of the molecule is Cc1cc(N(C)CCCN(C)C)c(Cl)c(C(C)(F)F)c1. The fourth-order valence-corrected chi connectivity index (χ4v) is 2.51. The largest absolute Gasteiger partial charge is 0.373 e. The van der Waals surface area contributed by atoms with Gasteiger partial charge in [0.15, 0.2) is 0 Å². The molecular weight excluding hydrogens is 282 g/mol. The number of nitrogens with zero attached hydrogens (tertiary/aromatic N) is 2. The first-order chi connectivity index (χ1) is 9.12. The highest BCUT2D eigenvalue weighted by atomic mass is 35.5. The molecule has 0 aromatic heterocycles. The van der Waals surface area contributed by atoms with E-state index in [4.69, 9.17) is 11.6 Å². The van der Waals surface area contributed by atoms with E-state index in [0.29, 0.717) is 5.69 Å². The van der Waals surface area contributed by atoms with Crippen LogP contribution in [0.4, 0.5) is 14.5 Å². The molecule has 0 fully saturated rings. The number of hydrogen-bond donors (Lipinski definition) is 0. The highest BCUT2D eigenvalue weighted by molar-refractivity contribution is 6.34. The summed E-state index contributed by atoms with van der Waals surface area (Å²) in [6, 6.07) is 3.31. The Hall–Kier alpha value is -0.870. The van der Waals surface area contributed by atoms with Gasteiger partial charge in [0.2, 0.25) is 0 Å².